The molecule has 1 aromatic carbocycles. The number of ether oxygens (including phenoxy) is 1. The minimum atomic E-state index is -4.99. The number of halogens is 3. The molecule has 3 aromatic rings. The predicted octanol–water partition coefficient (Wildman–Crippen LogP) is 4.19. The standard InChI is InChI=1S/C17H13F3N2O3S2/c18-17(19,20)25-14-4-1-2-6-16(14)27(23,24)22-11-12-7-8-21-13(10-12)15-5-3-9-26-15/h1-10,22H,11H2. The number of rotatable bonds is 6. The Morgan fingerprint density at radius 2 is 1.89 bits per heavy atom. The molecule has 0 radical (unpaired) electrons. The highest BCUT2D eigenvalue weighted by molar-refractivity contribution is 7.89. The summed E-state index contributed by atoms with van der Waals surface area (Å²) in [4.78, 5) is 4.56. The molecule has 0 saturated carbocycles. The molecule has 0 aliphatic heterocycles. The van der Waals surface area contributed by atoms with Crippen LogP contribution in [0.15, 0.2) is 65.0 Å². The van der Waals surface area contributed by atoms with Gasteiger partial charge in [-0.25, -0.2) is 13.1 Å². The van der Waals surface area contributed by atoms with E-state index in [0.717, 1.165) is 17.0 Å². The lowest BCUT2D eigenvalue weighted by atomic mass is 10.2. The second-order valence-corrected chi connectivity index (χ2v) is 8.03. The molecule has 2 heterocycles. The van der Waals surface area contributed by atoms with Crippen LogP contribution in [0.4, 0.5) is 13.2 Å². The number of para-hydroxylation sites is 1. The number of hydrogen-bond donors (Lipinski definition) is 1. The van der Waals surface area contributed by atoms with Crippen LogP contribution in [0.3, 0.4) is 0 Å². The van der Waals surface area contributed by atoms with Crippen LogP contribution in [-0.4, -0.2) is 19.8 Å². The Labute approximate surface area is 157 Å². The summed E-state index contributed by atoms with van der Waals surface area (Å²) < 4.78 is 68.5. The van der Waals surface area contributed by atoms with Gasteiger partial charge in [-0.2, -0.15) is 0 Å². The van der Waals surface area contributed by atoms with Crippen LogP contribution in [0.25, 0.3) is 10.6 Å². The first-order valence-electron chi connectivity index (χ1n) is 7.58. The number of nitrogens with one attached hydrogen (secondary N) is 1. The molecule has 0 bridgehead atoms. The monoisotopic (exact) mass is 414 g/mol. The van der Waals surface area contributed by atoms with E-state index in [1.807, 2.05) is 17.5 Å². The molecule has 0 spiro atoms. The first kappa shape index (κ1) is 19.3. The highest BCUT2D eigenvalue weighted by Crippen LogP contribution is 2.29. The summed E-state index contributed by atoms with van der Waals surface area (Å²) >= 11 is 1.49. The SMILES string of the molecule is O=S(=O)(NCc1ccnc(-c2cccs2)c1)c1ccccc1OC(F)(F)F. The molecule has 2 aromatic heterocycles. The molecular weight excluding hydrogens is 401 g/mol. The molecule has 0 unspecified atom stereocenters. The third-order valence-corrected chi connectivity index (χ3v) is 5.76. The summed E-state index contributed by atoms with van der Waals surface area (Å²) in [6.45, 7) is -0.108. The molecule has 0 fully saturated rings. The van der Waals surface area contributed by atoms with Crippen molar-refractivity contribution < 1.29 is 26.3 Å². The first-order valence-corrected chi connectivity index (χ1v) is 9.94. The van der Waals surface area contributed by atoms with E-state index in [0.29, 0.717) is 11.3 Å². The van der Waals surface area contributed by atoms with Crippen molar-refractivity contribution in [2.75, 3.05) is 0 Å². The van der Waals surface area contributed by atoms with Crippen LogP contribution in [0, 0.1) is 0 Å². The quantitative estimate of drug-likeness (QED) is 0.657. The summed E-state index contributed by atoms with van der Waals surface area (Å²) in [5.74, 6) is -0.786. The number of benzene rings is 1. The zero-order valence-electron chi connectivity index (χ0n) is 13.6. The smallest absolute Gasteiger partial charge is 0.404 e. The highest BCUT2D eigenvalue weighted by Gasteiger charge is 2.33. The zero-order valence-corrected chi connectivity index (χ0v) is 15.2. The van der Waals surface area contributed by atoms with Gasteiger partial charge in [0.15, 0.2) is 0 Å². The Kier molecular flexibility index (Phi) is 5.49. The maximum Gasteiger partial charge on any atom is 0.573 e. The van der Waals surface area contributed by atoms with Gasteiger partial charge in [-0.15, -0.1) is 24.5 Å². The van der Waals surface area contributed by atoms with E-state index in [9.17, 15) is 21.6 Å². The van der Waals surface area contributed by atoms with Crippen LogP contribution < -0.4 is 9.46 Å². The Balaban J connectivity index is 1.79. The number of aromatic nitrogens is 1. The number of hydrogen-bond acceptors (Lipinski definition) is 5. The topological polar surface area (TPSA) is 68.3 Å². The first-order chi connectivity index (χ1) is 12.7. The van der Waals surface area contributed by atoms with Crippen LogP contribution in [0.2, 0.25) is 0 Å². The van der Waals surface area contributed by atoms with Crippen molar-refractivity contribution in [3.8, 4) is 16.3 Å². The van der Waals surface area contributed by atoms with Crippen molar-refractivity contribution in [3.63, 3.8) is 0 Å². The summed E-state index contributed by atoms with van der Waals surface area (Å²) in [6, 6.07) is 11.7. The van der Waals surface area contributed by atoms with Gasteiger partial charge in [0, 0.05) is 12.7 Å². The number of pyridine rings is 1. The normalized spacial score (nSPS) is 12.1. The zero-order chi connectivity index (χ0) is 19.5. The van der Waals surface area contributed by atoms with E-state index in [2.05, 4.69) is 14.4 Å². The molecule has 142 valence electrons. The van der Waals surface area contributed by atoms with Crippen molar-refractivity contribution in [2.24, 2.45) is 0 Å². The molecule has 0 aliphatic rings. The van der Waals surface area contributed by atoms with Crippen molar-refractivity contribution >= 4 is 21.4 Å². The van der Waals surface area contributed by atoms with Crippen molar-refractivity contribution in [1.82, 2.24) is 9.71 Å². The molecule has 0 amide bonds. The van der Waals surface area contributed by atoms with Crippen LogP contribution in [0.1, 0.15) is 5.56 Å². The fraction of sp³-hybridized carbons (Fsp3) is 0.118. The van der Waals surface area contributed by atoms with E-state index in [-0.39, 0.29) is 6.54 Å². The van der Waals surface area contributed by atoms with Gasteiger partial charge in [-0.1, -0.05) is 18.2 Å². The lowest BCUT2D eigenvalue weighted by Gasteiger charge is -2.14. The molecular formula is C17H13F3N2O3S2. The Bertz CT molecular complexity index is 1020. The van der Waals surface area contributed by atoms with Gasteiger partial charge in [0.1, 0.15) is 10.6 Å². The molecule has 10 heteroatoms. The van der Waals surface area contributed by atoms with Gasteiger partial charge >= 0.3 is 6.36 Å². The second kappa shape index (κ2) is 7.67. The molecule has 5 nitrogen and oxygen atoms in total. The molecule has 0 atom stereocenters. The van der Waals surface area contributed by atoms with Gasteiger partial charge in [-0.3, -0.25) is 4.98 Å². The van der Waals surface area contributed by atoms with Crippen LogP contribution >= 0.6 is 11.3 Å². The molecule has 27 heavy (non-hydrogen) atoms. The summed E-state index contributed by atoms with van der Waals surface area (Å²) in [6.07, 6.45) is -3.45. The average molecular weight is 414 g/mol. The number of thiophene rings is 1. The minimum Gasteiger partial charge on any atom is -0.404 e. The fourth-order valence-electron chi connectivity index (χ4n) is 2.28. The van der Waals surface area contributed by atoms with E-state index < -0.39 is 27.0 Å². The van der Waals surface area contributed by atoms with Crippen LogP contribution in [-0.2, 0) is 16.6 Å². The lowest BCUT2D eigenvalue weighted by molar-refractivity contribution is -0.275. The number of alkyl halides is 3. The van der Waals surface area contributed by atoms with Crippen LogP contribution in [0.5, 0.6) is 5.75 Å². The van der Waals surface area contributed by atoms with E-state index >= 15 is 0 Å². The molecule has 0 aliphatic carbocycles. The Morgan fingerprint density at radius 1 is 1.11 bits per heavy atom. The molecule has 1 N–H and O–H groups in total. The largest absolute Gasteiger partial charge is 0.573 e. The third kappa shape index (κ3) is 5.06. The minimum absolute atomic E-state index is 0.108. The molecule has 0 saturated heterocycles. The van der Waals surface area contributed by atoms with Gasteiger partial charge in [0.05, 0.1) is 10.6 Å². The van der Waals surface area contributed by atoms with Gasteiger partial charge in [-0.05, 0) is 41.3 Å². The van der Waals surface area contributed by atoms with E-state index in [1.54, 1.807) is 18.3 Å². The second-order valence-electron chi connectivity index (χ2n) is 5.35. The van der Waals surface area contributed by atoms with Gasteiger partial charge in [0.2, 0.25) is 10.0 Å². The van der Waals surface area contributed by atoms with Gasteiger partial charge in [0.25, 0.3) is 0 Å². The highest BCUT2D eigenvalue weighted by atomic mass is 32.2. The van der Waals surface area contributed by atoms with Crippen molar-refractivity contribution in [3.05, 3.63) is 65.7 Å². The maximum atomic E-state index is 12.5. The summed E-state index contributed by atoms with van der Waals surface area (Å²) in [7, 11) is -4.22. The summed E-state index contributed by atoms with van der Waals surface area (Å²) in [5.41, 5.74) is 1.30. The average Bonchev–Trinajstić information content (AvgIpc) is 3.14. The van der Waals surface area contributed by atoms with Crippen molar-refractivity contribution in [2.45, 2.75) is 17.8 Å². The Hall–Kier alpha value is -2.43. The lowest BCUT2D eigenvalue weighted by Crippen LogP contribution is -2.25. The Morgan fingerprint density at radius 3 is 2.59 bits per heavy atom. The maximum absolute atomic E-state index is 12.5. The van der Waals surface area contributed by atoms with E-state index in [4.69, 9.17) is 0 Å². The number of sulfonamides is 1. The van der Waals surface area contributed by atoms with Crippen molar-refractivity contribution in [1.29, 1.82) is 0 Å². The fourth-order valence-corrected chi connectivity index (χ4v) is 4.12. The van der Waals surface area contributed by atoms with Gasteiger partial charge < -0.3 is 4.74 Å². The molecule has 3 rings (SSSR count). The third-order valence-electron chi connectivity index (χ3n) is 3.43. The summed E-state index contributed by atoms with van der Waals surface area (Å²) in [5, 5.41) is 1.89. The number of nitrogens with zero attached hydrogens (tertiary/aromatic N) is 1. The predicted molar refractivity (Wildman–Crippen MR) is 94.7 cm³/mol. The van der Waals surface area contributed by atoms with E-state index in [1.165, 1.54) is 23.5 Å².